The topological polar surface area (TPSA) is 74.3 Å². The summed E-state index contributed by atoms with van der Waals surface area (Å²) in [5.41, 5.74) is 1.19. The van der Waals surface area contributed by atoms with Crippen LogP contribution in [0.5, 0.6) is 0 Å². The average Bonchev–Trinajstić information content (AvgIpc) is 3.32. The van der Waals surface area contributed by atoms with Gasteiger partial charge in [0, 0.05) is 4.88 Å². The van der Waals surface area contributed by atoms with E-state index in [-0.39, 0.29) is 18.7 Å². The Hall–Kier alpha value is -3.19. The van der Waals surface area contributed by atoms with Gasteiger partial charge in [-0.15, -0.1) is 11.3 Å². The van der Waals surface area contributed by atoms with Crippen LogP contribution in [0.3, 0.4) is 0 Å². The van der Waals surface area contributed by atoms with Crippen molar-refractivity contribution in [2.24, 2.45) is 0 Å². The number of carbonyl (C=O) groups excluding carboxylic acids is 1. The molecule has 0 amide bonds. The Morgan fingerprint density at radius 2 is 2.07 bits per heavy atom. The molecule has 4 aromatic rings. The number of nitrogens with zero attached hydrogens (tertiary/aromatic N) is 2. The first-order valence-corrected chi connectivity index (χ1v) is 9.27. The highest BCUT2D eigenvalue weighted by molar-refractivity contribution is 7.21. The van der Waals surface area contributed by atoms with Crippen LogP contribution in [0.4, 0.5) is 0 Å². The summed E-state index contributed by atoms with van der Waals surface area (Å²) in [6.07, 6.45) is 2.89. The highest BCUT2D eigenvalue weighted by Gasteiger charge is 2.17. The van der Waals surface area contributed by atoms with E-state index in [1.54, 1.807) is 13.0 Å². The van der Waals surface area contributed by atoms with E-state index < -0.39 is 5.97 Å². The number of benzene rings is 1. The van der Waals surface area contributed by atoms with Crippen molar-refractivity contribution >= 4 is 27.5 Å². The van der Waals surface area contributed by atoms with Crippen molar-refractivity contribution in [1.29, 1.82) is 0 Å². The standard InChI is InChI=1S/C20H16N2O4S/c1-2-25-20(24)14-8-9-26-16(14)11-22-12-21-18-15(19(22)23)10-17(27-18)13-6-4-3-5-7-13/h3-10,12H,2,11H2,1H3. The lowest BCUT2D eigenvalue weighted by molar-refractivity contribution is 0.0523. The van der Waals surface area contributed by atoms with E-state index in [4.69, 9.17) is 9.15 Å². The molecule has 1 aromatic carbocycles. The summed E-state index contributed by atoms with van der Waals surface area (Å²) in [4.78, 5) is 30.9. The number of ether oxygens (including phenoxy) is 1. The zero-order chi connectivity index (χ0) is 18.8. The minimum atomic E-state index is -0.467. The summed E-state index contributed by atoms with van der Waals surface area (Å²) >= 11 is 1.47. The van der Waals surface area contributed by atoms with E-state index in [0.29, 0.717) is 21.5 Å². The second-order valence-electron chi connectivity index (χ2n) is 5.85. The van der Waals surface area contributed by atoms with Crippen LogP contribution in [0.2, 0.25) is 0 Å². The number of hydrogen-bond acceptors (Lipinski definition) is 6. The molecule has 6 nitrogen and oxygen atoms in total. The predicted molar refractivity (Wildman–Crippen MR) is 103 cm³/mol. The van der Waals surface area contributed by atoms with Crippen LogP contribution < -0.4 is 5.56 Å². The molecule has 0 saturated heterocycles. The first kappa shape index (κ1) is 17.2. The maximum Gasteiger partial charge on any atom is 0.341 e. The Bertz CT molecular complexity index is 1160. The smallest absolute Gasteiger partial charge is 0.341 e. The molecule has 0 spiro atoms. The maximum absolute atomic E-state index is 12.9. The zero-order valence-electron chi connectivity index (χ0n) is 14.5. The van der Waals surface area contributed by atoms with Gasteiger partial charge in [0.05, 0.1) is 31.1 Å². The van der Waals surface area contributed by atoms with E-state index in [1.807, 2.05) is 36.4 Å². The first-order valence-electron chi connectivity index (χ1n) is 8.45. The second-order valence-corrected chi connectivity index (χ2v) is 6.88. The lowest BCUT2D eigenvalue weighted by atomic mass is 10.2. The van der Waals surface area contributed by atoms with Crippen molar-refractivity contribution in [2.45, 2.75) is 13.5 Å². The lowest BCUT2D eigenvalue weighted by Crippen LogP contribution is -2.21. The number of carbonyl (C=O) groups is 1. The van der Waals surface area contributed by atoms with Gasteiger partial charge in [-0.05, 0) is 24.6 Å². The van der Waals surface area contributed by atoms with E-state index in [1.165, 1.54) is 28.5 Å². The number of esters is 1. The Labute approximate surface area is 158 Å². The summed E-state index contributed by atoms with van der Waals surface area (Å²) in [6.45, 7) is 2.12. The molecule has 0 aliphatic rings. The Morgan fingerprint density at radius 3 is 2.85 bits per heavy atom. The molecule has 4 rings (SSSR count). The van der Waals surface area contributed by atoms with Crippen LogP contribution >= 0.6 is 11.3 Å². The average molecular weight is 380 g/mol. The SMILES string of the molecule is CCOC(=O)c1ccoc1Cn1cnc2sc(-c3ccccc3)cc2c1=O. The van der Waals surface area contributed by atoms with Gasteiger partial charge >= 0.3 is 5.97 Å². The van der Waals surface area contributed by atoms with Crippen LogP contribution in [0, 0.1) is 0 Å². The normalized spacial score (nSPS) is 11.0. The Morgan fingerprint density at radius 1 is 1.26 bits per heavy atom. The van der Waals surface area contributed by atoms with Crippen molar-refractivity contribution in [3.63, 3.8) is 0 Å². The van der Waals surface area contributed by atoms with Gasteiger partial charge in [0.2, 0.25) is 0 Å². The van der Waals surface area contributed by atoms with Crippen molar-refractivity contribution in [1.82, 2.24) is 9.55 Å². The van der Waals surface area contributed by atoms with E-state index >= 15 is 0 Å². The number of thiophene rings is 1. The third kappa shape index (κ3) is 3.29. The van der Waals surface area contributed by atoms with Crippen LogP contribution in [0.25, 0.3) is 20.7 Å². The van der Waals surface area contributed by atoms with Gasteiger partial charge < -0.3 is 9.15 Å². The van der Waals surface area contributed by atoms with E-state index in [0.717, 1.165) is 10.4 Å². The highest BCUT2D eigenvalue weighted by Crippen LogP contribution is 2.30. The summed E-state index contributed by atoms with van der Waals surface area (Å²) in [5.74, 6) is -0.0968. The number of rotatable bonds is 5. The van der Waals surface area contributed by atoms with Crippen LogP contribution in [0.15, 0.2) is 64.3 Å². The molecule has 0 aliphatic carbocycles. The molecule has 136 valence electrons. The molecule has 0 bridgehead atoms. The lowest BCUT2D eigenvalue weighted by Gasteiger charge is -2.05. The third-order valence-electron chi connectivity index (χ3n) is 4.13. The monoisotopic (exact) mass is 380 g/mol. The third-order valence-corrected chi connectivity index (χ3v) is 5.22. The molecule has 0 fully saturated rings. The van der Waals surface area contributed by atoms with Crippen molar-refractivity contribution < 1.29 is 13.9 Å². The van der Waals surface area contributed by atoms with Gasteiger partial charge in [-0.2, -0.15) is 0 Å². The fourth-order valence-electron chi connectivity index (χ4n) is 2.83. The van der Waals surface area contributed by atoms with Gasteiger partial charge in [0.1, 0.15) is 16.2 Å². The molecule has 0 atom stereocenters. The van der Waals surface area contributed by atoms with Crippen LogP contribution in [-0.2, 0) is 11.3 Å². The van der Waals surface area contributed by atoms with Gasteiger partial charge in [0.15, 0.2) is 0 Å². The predicted octanol–water partition coefficient (Wildman–Crippen LogP) is 3.94. The first-order chi connectivity index (χ1) is 13.2. The molecule has 0 unspecified atom stereocenters. The number of aromatic nitrogens is 2. The Kier molecular flexibility index (Phi) is 4.60. The molecule has 3 aromatic heterocycles. The largest absolute Gasteiger partial charge is 0.467 e. The number of furan rings is 1. The molecule has 0 saturated carbocycles. The van der Waals surface area contributed by atoms with Crippen molar-refractivity contribution in [2.75, 3.05) is 6.61 Å². The quantitative estimate of drug-likeness (QED) is 0.490. The van der Waals surface area contributed by atoms with Crippen molar-refractivity contribution in [3.8, 4) is 10.4 Å². The van der Waals surface area contributed by atoms with Gasteiger partial charge in [-0.3, -0.25) is 9.36 Å². The van der Waals surface area contributed by atoms with E-state index in [9.17, 15) is 9.59 Å². The van der Waals surface area contributed by atoms with Crippen LogP contribution in [-0.4, -0.2) is 22.1 Å². The summed E-state index contributed by atoms with van der Waals surface area (Å²) in [7, 11) is 0. The fraction of sp³-hybridized carbons (Fsp3) is 0.150. The van der Waals surface area contributed by atoms with Crippen molar-refractivity contribution in [3.05, 3.63) is 76.7 Å². The maximum atomic E-state index is 12.9. The van der Waals surface area contributed by atoms with Gasteiger partial charge in [-0.1, -0.05) is 30.3 Å². The minimum Gasteiger partial charge on any atom is -0.467 e. The zero-order valence-corrected chi connectivity index (χ0v) is 15.4. The molecule has 0 aliphatic heterocycles. The molecular formula is C20H16N2O4S. The van der Waals surface area contributed by atoms with Gasteiger partial charge in [0.25, 0.3) is 5.56 Å². The molecule has 3 heterocycles. The molecule has 7 heteroatoms. The second kappa shape index (κ2) is 7.20. The molecule has 27 heavy (non-hydrogen) atoms. The Balaban J connectivity index is 1.70. The summed E-state index contributed by atoms with van der Waals surface area (Å²) in [6, 6.07) is 13.3. The van der Waals surface area contributed by atoms with Gasteiger partial charge in [-0.25, -0.2) is 9.78 Å². The molecule has 0 radical (unpaired) electrons. The van der Waals surface area contributed by atoms with E-state index in [2.05, 4.69) is 4.98 Å². The summed E-state index contributed by atoms with van der Waals surface area (Å²) < 4.78 is 11.8. The summed E-state index contributed by atoms with van der Waals surface area (Å²) in [5, 5.41) is 0.547. The highest BCUT2D eigenvalue weighted by atomic mass is 32.1. The number of fused-ring (bicyclic) bond motifs is 1. The number of hydrogen-bond donors (Lipinski definition) is 0. The fourth-order valence-corrected chi connectivity index (χ4v) is 3.82. The minimum absolute atomic E-state index is 0.111. The molecule has 0 N–H and O–H groups in total. The van der Waals surface area contributed by atoms with Crippen LogP contribution in [0.1, 0.15) is 23.0 Å². The molecular weight excluding hydrogens is 364 g/mol.